The predicted molar refractivity (Wildman–Crippen MR) is 176 cm³/mol. The van der Waals surface area contributed by atoms with Crippen molar-refractivity contribution in [2.75, 3.05) is 5.75 Å². The molecule has 0 spiro atoms. The fourth-order valence-corrected chi connectivity index (χ4v) is 5.85. The molecule has 0 aromatic carbocycles. The van der Waals surface area contributed by atoms with E-state index in [0.29, 0.717) is 48.6 Å². The van der Waals surface area contributed by atoms with Crippen molar-refractivity contribution in [3.8, 4) is 11.8 Å². The summed E-state index contributed by atoms with van der Waals surface area (Å²) in [6.07, 6.45) is 13.3. The molecule has 0 saturated carbocycles. The second kappa shape index (κ2) is 17.1. The fourth-order valence-electron chi connectivity index (χ4n) is 5.08. The van der Waals surface area contributed by atoms with Crippen molar-refractivity contribution in [2.45, 2.75) is 117 Å². The summed E-state index contributed by atoms with van der Waals surface area (Å²) in [6, 6.07) is -0.939. The van der Waals surface area contributed by atoms with E-state index in [1.54, 1.807) is 13.0 Å². The van der Waals surface area contributed by atoms with Crippen molar-refractivity contribution in [1.29, 1.82) is 0 Å². The number of nitrogens with one attached hydrogen (secondary N) is 2. The van der Waals surface area contributed by atoms with E-state index in [0.717, 1.165) is 24.8 Å². The van der Waals surface area contributed by atoms with Crippen molar-refractivity contribution in [3.05, 3.63) is 35.7 Å². The van der Waals surface area contributed by atoms with Gasteiger partial charge in [-0.15, -0.1) is 0 Å². The van der Waals surface area contributed by atoms with Crippen LogP contribution in [-0.2, 0) is 23.9 Å². The summed E-state index contributed by atoms with van der Waals surface area (Å²) in [5.74, 6) is 4.87. The van der Waals surface area contributed by atoms with Crippen molar-refractivity contribution < 1.29 is 23.9 Å². The number of thioether (sulfide) groups is 1. The van der Waals surface area contributed by atoms with Gasteiger partial charge in [0.2, 0.25) is 11.8 Å². The lowest BCUT2D eigenvalue weighted by atomic mass is 9.87. The molecule has 238 valence electrons. The predicted octanol–water partition coefficient (Wildman–Crippen LogP) is 5.36. The topological polar surface area (TPSA) is 126 Å². The van der Waals surface area contributed by atoms with Crippen LogP contribution in [0, 0.1) is 17.8 Å². The first-order chi connectivity index (χ1) is 21.0. The van der Waals surface area contributed by atoms with Gasteiger partial charge in [-0.1, -0.05) is 75.8 Å². The number of cyclic esters (lactones) is 1. The first-order valence-corrected chi connectivity index (χ1v) is 16.7. The third-order valence-electron chi connectivity index (χ3n) is 7.50. The minimum absolute atomic E-state index is 0.134. The van der Waals surface area contributed by atoms with Crippen LogP contribution in [0.3, 0.4) is 0 Å². The number of carbonyl (C=O) groups is 4. The number of dihydropyridines is 1. The van der Waals surface area contributed by atoms with Gasteiger partial charge in [0.1, 0.15) is 23.4 Å². The lowest BCUT2D eigenvalue weighted by Gasteiger charge is -2.32. The molecule has 2 N–H and O–H groups in total. The van der Waals surface area contributed by atoms with Crippen molar-refractivity contribution in [2.24, 2.45) is 15.9 Å². The highest BCUT2D eigenvalue weighted by Crippen LogP contribution is 2.28. The Morgan fingerprint density at radius 1 is 1.23 bits per heavy atom. The standard InChI is InChI=1S/C34H46N4O5S/c1-6-7-8-9-10-17-30(40)44-18-12-11-15-26-20-29(39)35-22-25-14-13-16-27(36-25)28-19-24(4)21-34(5,38-28)33(42)37-31(23(2)3)32(41)43-26/h11,15,19,22-23,26,31H,6-10,12,16-18,20-21H2,1-5H3,(H,35,39)(H,37,42)/b15-11?,25-22-. The molecule has 3 atom stereocenters. The molecule has 0 aromatic rings. The maximum Gasteiger partial charge on any atom is 0.329 e. The second-order valence-corrected chi connectivity index (χ2v) is 13.2. The fraction of sp³-hybridized carbons (Fsp3) is 0.588. The van der Waals surface area contributed by atoms with E-state index >= 15 is 0 Å². The average Bonchev–Trinajstić information content (AvgIpc) is 2.97. The van der Waals surface area contributed by atoms with Crippen LogP contribution in [0.15, 0.2) is 45.7 Å². The highest BCUT2D eigenvalue weighted by molar-refractivity contribution is 8.13. The number of ether oxygens (including phenoxy) is 1. The molecule has 44 heavy (non-hydrogen) atoms. The van der Waals surface area contributed by atoms with E-state index in [2.05, 4.69) is 34.4 Å². The third kappa shape index (κ3) is 10.9. The van der Waals surface area contributed by atoms with Gasteiger partial charge in [0.05, 0.1) is 24.3 Å². The number of amides is 2. The van der Waals surface area contributed by atoms with Gasteiger partial charge in [-0.2, -0.15) is 0 Å². The van der Waals surface area contributed by atoms with Crippen LogP contribution in [0.1, 0.15) is 98.8 Å². The Morgan fingerprint density at radius 2 is 2.00 bits per heavy atom. The van der Waals surface area contributed by atoms with Gasteiger partial charge >= 0.3 is 5.97 Å². The molecule has 0 aromatic heterocycles. The van der Waals surface area contributed by atoms with E-state index in [9.17, 15) is 19.2 Å². The maximum atomic E-state index is 13.6. The summed E-state index contributed by atoms with van der Waals surface area (Å²) in [7, 11) is 0. The Kier molecular flexibility index (Phi) is 13.7. The number of fused-ring (bicyclic) bond motifs is 3. The molecule has 0 radical (unpaired) electrons. The molecule has 3 unspecified atom stereocenters. The van der Waals surface area contributed by atoms with Crippen LogP contribution in [0.25, 0.3) is 0 Å². The zero-order valence-corrected chi connectivity index (χ0v) is 27.5. The summed E-state index contributed by atoms with van der Waals surface area (Å²) >= 11 is 1.30. The van der Waals surface area contributed by atoms with E-state index in [4.69, 9.17) is 9.73 Å². The Bertz CT molecular complexity index is 1320. The summed E-state index contributed by atoms with van der Waals surface area (Å²) in [5.41, 5.74) is 1.35. The van der Waals surface area contributed by atoms with E-state index < -0.39 is 23.7 Å². The zero-order chi connectivity index (χ0) is 32.1. The number of carbonyl (C=O) groups excluding carboxylic acids is 4. The van der Waals surface area contributed by atoms with Gasteiger partial charge in [0.25, 0.3) is 0 Å². The summed E-state index contributed by atoms with van der Waals surface area (Å²) in [4.78, 5) is 61.5. The quantitative estimate of drug-likeness (QED) is 0.138. The van der Waals surface area contributed by atoms with Crippen molar-refractivity contribution in [3.63, 3.8) is 0 Å². The lowest BCUT2D eigenvalue weighted by Crippen LogP contribution is -2.54. The molecule has 3 aliphatic rings. The summed E-state index contributed by atoms with van der Waals surface area (Å²) in [6.45, 7) is 9.49. The molecule has 3 rings (SSSR count). The van der Waals surface area contributed by atoms with Gasteiger partial charge in [0, 0.05) is 24.8 Å². The minimum Gasteiger partial charge on any atom is -0.456 e. The number of rotatable bonds is 11. The van der Waals surface area contributed by atoms with Gasteiger partial charge < -0.3 is 15.4 Å². The van der Waals surface area contributed by atoms with Crippen LogP contribution in [0.5, 0.6) is 0 Å². The van der Waals surface area contributed by atoms with Crippen LogP contribution in [-0.4, -0.2) is 57.8 Å². The number of allylic oxidation sites excluding steroid dienone is 3. The third-order valence-corrected chi connectivity index (χ3v) is 8.47. The normalized spacial score (nSPS) is 25.5. The van der Waals surface area contributed by atoms with Crippen LogP contribution >= 0.6 is 11.8 Å². The largest absolute Gasteiger partial charge is 0.456 e. The van der Waals surface area contributed by atoms with Crippen LogP contribution in [0.4, 0.5) is 0 Å². The van der Waals surface area contributed by atoms with Crippen molar-refractivity contribution in [1.82, 2.24) is 10.6 Å². The SMILES string of the molecule is CCCCCCCC(=O)SCCC=CC1CC(=O)N/C=C2/C#CCC(=N2)C2=NC(C)(CC(C)=C2)C(=O)NC(C(C)C)C(=O)O1. The lowest BCUT2D eigenvalue weighted by molar-refractivity contribution is -0.153. The first-order valence-electron chi connectivity index (χ1n) is 15.7. The molecule has 0 aliphatic carbocycles. The Morgan fingerprint density at radius 3 is 2.75 bits per heavy atom. The number of hydrogen-bond acceptors (Lipinski definition) is 8. The molecular weight excluding hydrogens is 576 g/mol. The smallest absolute Gasteiger partial charge is 0.329 e. The number of unbranched alkanes of at least 4 members (excludes halogenated alkanes) is 4. The first kappa shape index (κ1) is 35.0. The molecule has 9 nitrogen and oxygen atoms in total. The van der Waals surface area contributed by atoms with Crippen LogP contribution in [0.2, 0.25) is 0 Å². The van der Waals surface area contributed by atoms with E-state index in [1.165, 1.54) is 30.8 Å². The molecule has 3 heterocycles. The summed E-state index contributed by atoms with van der Waals surface area (Å²) < 4.78 is 5.80. The number of esters is 1. The van der Waals surface area contributed by atoms with Gasteiger partial charge in [-0.05, 0) is 50.7 Å². The van der Waals surface area contributed by atoms with Crippen molar-refractivity contribution >= 4 is 46.1 Å². The minimum atomic E-state index is -1.14. The highest BCUT2D eigenvalue weighted by atomic mass is 32.2. The Balaban J connectivity index is 1.76. The molecule has 0 saturated heterocycles. The van der Waals surface area contributed by atoms with Crippen LogP contribution < -0.4 is 10.6 Å². The Hall–Kier alpha value is -3.45. The molecule has 0 fully saturated rings. The molecule has 10 heteroatoms. The molecular formula is C34H46N4O5S. The maximum absolute atomic E-state index is 13.6. The zero-order valence-electron chi connectivity index (χ0n) is 26.7. The number of nitrogens with zero attached hydrogens (tertiary/aromatic N) is 2. The number of aliphatic imine (C=N–C) groups is 2. The monoisotopic (exact) mass is 622 g/mol. The second-order valence-electron chi connectivity index (χ2n) is 12.0. The molecule has 2 amide bonds. The molecule has 4 bridgehead atoms. The number of hydrogen-bond donors (Lipinski definition) is 2. The van der Waals surface area contributed by atoms with E-state index in [1.807, 2.05) is 32.9 Å². The highest BCUT2D eigenvalue weighted by Gasteiger charge is 2.39. The van der Waals surface area contributed by atoms with Gasteiger partial charge in [-0.25, -0.2) is 9.79 Å². The summed E-state index contributed by atoms with van der Waals surface area (Å²) in [5, 5.41) is 5.77. The Labute approximate surface area is 265 Å². The van der Waals surface area contributed by atoms with E-state index in [-0.39, 0.29) is 29.3 Å². The molecule has 3 aliphatic heterocycles. The average molecular weight is 623 g/mol. The van der Waals surface area contributed by atoms with Gasteiger partial charge in [-0.3, -0.25) is 19.4 Å². The van der Waals surface area contributed by atoms with Gasteiger partial charge in [0.15, 0.2) is 5.12 Å².